The molecule has 4 nitrogen and oxygen atoms in total. The largest absolute Gasteiger partial charge is 0.389 e. The van der Waals surface area contributed by atoms with Crippen LogP contribution >= 0.6 is 23.6 Å². The number of nitrogens with two attached hydrogens (primary N) is 1. The second-order valence-electron chi connectivity index (χ2n) is 5.20. The third-order valence-corrected chi connectivity index (χ3v) is 3.58. The lowest BCUT2D eigenvalue weighted by Gasteiger charge is -2.14. The Balaban J connectivity index is 2.27. The van der Waals surface area contributed by atoms with Crippen molar-refractivity contribution in [3.63, 3.8) is 0 Å². The van der Waals surface area contributed by atoms with E-state index in [1.807, 2.05) is 0 Å². The maximum atomic E-state index is 5.69. The zero-order valence-corrected chi connectivity index (χ0v) is 12.7. The predicted octanol–water partition coefficient (Wildman–Crippen LogP) is 3.21. The van der Waals surface area contributed by atoms with E-state index in [2.05, 4.69) is 41.4 Å². The van der Waals surface area contributed by atoms with Gasteiger partial charge in [-0.25, -0.2) is 4.98 Å². The molecule has 0 unspecified atom stereocenters. The van der Waals surface area contributed by atoms with Crippen molar-refractivity contribution in [3.8, 4) is 0 Å². The molecule has 3 N–H and O–H groups in total. The van der Waals surface area contributed by atoms with Gasteiger partial charge in [0.25, 0.3) is 0 Å². The Kier molecular flexibility index (Phi) is 3.82. The van der Waals surface area contributed by atoms with Gasteiger partial charge in [0.1, 0.15) is 4.99 Å². The molecule has 0 bridgehead atoms. The Morgan fingerprint density at radius 2 is 2.16 bits per heavy atom. The molecule has 2 rings (SSSR count). The number of pyridine rings is 1. The highest BCUT2D eigenvalue weighted by Crippen LogP contribution is 2.28. The van der Waals surface area contributed by atoms with Crippen LogP contribution in [0.4, 0.5) is 10.8 Å². The second-order valence-corrected chi connectivity index (χ2v) is 6.50. The minimum absolute atomic E-state index is 0.0391. The van der Waals surface area contributed by atoms with Crippen molar-refractivity contribution in [1.29, 1.82) is 0 Å². The van der Waals surface area contributed by atoms with Crippen molar-refractivity contribution in [2.45, 2.75) is 26.2 Å². The summed E-state index contributed by atoms with van der Waals surface area (Å²) in [5.41, 5.74) is 8.34. The van der Waals surface area contributed by atoms with E-state index in [0.29, 0.717) is 4.99 Å². The van der Waals surface area contributed by atoms with Gasteiger partial charge in [0.2, 0.25) is 0 Å². The highest BCUT2D eigenvalue weighted by atomic mass is 32.1. The van der Waals surface area contributed by atoms with Crippen LogP contribution in [0.25, 0.3) is 0 Å². The molecule has 2 heterocycles. The molecule has 2 aromatic rings. The van der Waals surface area contributed by atoms with Gasteiger partial charge >= 0.3 is 0 Å². The molecule has 6 heteroatoms. The van der Waals surface area contributed by atoms with Crippen molar-refractivity contribution in [1.82, 2.24) is 9.97 Å². The molecule has 2 aromatic heterocycles. The summed E-state index contributed by atoms with van der Waals surface area (Å²) in [7, 11) is 0. The highest BCUT2D eigenvalue weighted by molar-refractivity contribution is 7.80. The maximum Gasteiger partial charge on any atom is 0.187 e. The quantitative estimate of drug-likeness (QED) is 0.850. The second kappa shape index (κ2) is 5.22. The molecule has 0 atom stereocenters. The van der Waals surface area contributed by atoms with Gasteiger partial charge in [-0.05, 0) is 6.07 Å². The van der Waals surface area contributed by atoms with E-state index in [1.54, 1.807) is 29.8 Å². The normalized spacial score (nSPS) is 11.3. The Bertz CT molecular complexity index is 599. The summed E-state index contributed by atoms with van der Waals surface area (Å²) in [6, 6.07) is 1.79. The van der Waals surface area contributed by atoms with Crippen LogP contribution in [0.1, 0.15) is 32.0 Å². The average Bonchev–Trinajstić information content (AvgIpc) is 2.77. The molecule has 0 fully saturated rings. The van der Waals surface area contributed by atoms with Crippen molar-refractivity contribution in [2.24, 2.45) is 5.73 Å². The number of aromatic nitrogens is 2. The van der Waals surface area contributed by atoms with E-state index in [4.69, 9.17) is 18.0 Å². The van der Waals surface area contributed by atoms with Gasteiger partial charge in [-0.2, -0.15) is 0 Å². The van der Waals surface area contributed by atoms with Crippen LogP contribution in [-0.2, 0) is 5.41 Å². The third kappa shape index (κ3) is 3.27. The fraction of sp³-hybridized carbons (Fsp3) is 0.308. The predicted molar refractivity (Wildman–Crippen MR) is 84.2 cm³/mol. The topological polar surface area (TPSA) is 63.8 Å². The number of nitrogens with one attached hydrogen (secondary N) is 1. The van der Waals surface area contributed by atoms with E-state index < -0.39 is 0 Å². The van der Waals surface area contributed by atoms with Crippen LogP contribution < -0.4 is 11.1 Å². The molecule has 0 saturated carbocycles. The number of hydrogen-bond donors (Lipinski definition) is 2. The Labute approximate surface area is 122 Å². The molecule has 0 aliphatic carbocycles. The number of thiocarbonyl (C=S) groups is 1. The minimum Gasteiger partial charge on any atom is -0.389 e. The summed E-state index contributed by atoms with van der Waals surface area (Å²) in [4.78, 5) is 9.00. The summed E-state index contributed by atoms with van der Waals surface area (Å²) in [6.07, 6.45) is 3.37. The van der Waals surface area contributed by atoms with Crippen LogP contribution in [0, 0.1) is 0 Å². The fourth-order valence-electron chi connectivity index (χ4n) is 1.50. The molecule has 0 radical (unpaired) electrons. The Hall–Kier alpha value is -1.53. The monoisotopic (exact) mass is 292 g/mol. The van der Waals surface area contributed by atoms with E-state index in [9.17, 15) is 0 Å². The fourth-order valence-corrected chi connectivity index (χ4v) is 2.63. The molecular weight excluding hydrogens is 276 g/mol. The van der Waals surface area contributed by atoms with E-state index in [-0.39, 0.29) is 5.41 Å². The van der Waals surface area contributed by atoms with Crippen molar-refractivity contribution >= 4 is 39.4 Å². The van der Waals surface area contributed by atoms with E-state index in [0.717, 1.165) is 22.1 Å². The molecular formula is C13H16N4S2. The number of nitrogens with zero attached hydrogens (tertiary/aromatic N) is 2. The standard InChI is InChI=1S/C13H16N4S2/c1-13(2,3)10-7-19-12(17-10)16-9-6-15-5-4-8(9)11(14)18/h4-7H,1-3H3,(H2,14,18)(H,16,17). The lowest BCUT2D eigenvalue weighted by atomic mass is 9.93. The smallest absolute Gasteiger partial charge is 0.187 e. The molecule has 100 valence electrons. The van der Waals surface area contributed by atoms with E-state index >= 15 is 0 Å². The molecule has 0 amide bonds. The Morgan fingerprint density at radius 3 is 2.74 bits per heavy atom. The van der Waals surface area contributed by atoms with Crippen molar-refractivity contribution in [2.75, 3.05) is 5.32 Å². The molecule has 0 aliphatic rings. The van der Waals surface area contributed by atoms with Crippen LogP contribution in [0.15, 0.2) is 23.8 Å². The first-order valence-corrected chi connectivity index (χ1v) is 7.13. The highest BCUT2D eigenvalue weighted by Gasteiger charge is 2.17. The van der Waals surface area contributed by atoms with Crippen molar-refractivity contribution < 1.29 is 0 Å². The molecule has 0 aromatic carbocycles. The summed E-state index contributed by atoms with van der Waals surface area (Å²) in [5, 5.41) is 6.09. The van der Waals surface area contributed by atoms with Gasteiger partial charge in [0, 0.05) is 22.6 Å². The first-order valence-electron chi connectivity index (χ1n) is 5.85. The van der Waals surface area contributed by atoms with Gasteiger partial charge < -0.3 is 11.1 Å². The summed E-state index contributed by atoms with van der Waals surface area (Å²) < 4.78 is 0. The van der Waals surface area contributed by atoms with Gasteiger partial charge in [0.05, 0.1) is 17.6 Å². The van der Waals surface area contributed by atoms with Crippen molar-refractivity contribution in [3.05, 3.63) is 35.1 Å². The molecule has 0 aliphatic heterocycles. The minimum atomic E-state index is 0.0391. The van der Waals surface area contributed by atoms with Crippen LogP contribution in [0.3, 0.4) is 0 Å². The van der Waals surface area contributed by atoms with E-state index in [1.165, 1.54) is 0 Å². The van der Waals surface area contributed by atoms with Crippen LogP contribution in [0.5, 0.6) is 0 Å². The number of thiazole rings is 1. The number of rotatable bonds is 3. The first kappa shape index (κ1) is 13.9. The third-order valence-electron chi connectivity index (χ3n) is 2.60. The van der Waals surface area contributed by atoms with Gasteiger partial charge in [0.15, 0.2) is 5.13 Å². The molecule has 0 spiro atoms. The summed E-state index contributed by atoms with van der Waals surface area (Å²) in [5.74, 6) is 0. The van der Waals surface area contributed by atoms with Gasteiger partial charge in [-0.1, -0.05) is 33.0 Å². The zero-order chi connectivity index (χ0) is 14.0. The summed E-state index contributed by atoms with van der Waals surface area (Å²) in [6.45, 7) is 6.41. The molecule has 19 heavy (non-hydrogen) atoms. The van der Waals surface area contributed by atoms with Crippen LogP contribution in [0.2, 0.25) is 0 Å². The maximum absolute atomic E-state index is 5.69. The van der Waals surface area contributed by atoms with Gasteiger partial charge in [-0.3, -0.25) is 4.98 Å². The van der Waals surface area contributed by atoms with Crippen LogP contribution in [-0.4, -0.2) is 15.0 Å². The SMILES string of the molecule is CC(C)(C)c1csc(Nc2cnccc2C(N)=S)n1. The lowest BCUT2D eigenvalue weighted by molar-refractivity contribution is 0.573. The van der Waals surface area contributed by atoms with Gasteiger partial charge in [-0.15, -0.1) is 11.3 Å². The number of hydrogen-bond acceptors (Lipinski definition) is 5. The lowest BCUT2D eigenvalue weighted by Crippen LogP contribution is -2.13. The molecule has 0 saturated heterocycles. The number of anilines is 2. The summed E-state index contributed by atoms with van der Waals surface area (Å²) >= 11 is 6.58. The zero-order valence-electron chi connectivity index (χ0n) is 11.1. The Morgan fingerprint density at radius 1 is 1.42 bits per heavy atom. The first-order chi connectivity index (χ1) is 8.88. The average molecular weight is 292 g/mol.